The van der Waals surface area contributed by atoms with Crippen LogP contribution < -0.4 is 4.90 Å². The Morgan fingerprint density at radius 3 is 2.77 bits per heavy atom. The number of anilines is 1. The van der Waals surface area contributed by atoms with E-state index in [4.69, 9.17) is 8.94 Å². The molecule has 1 amide bonds. The summed E-state index contributed by atoms with van der Waals surface area (Å²) < 4.78 is 23.5. The maximum atomic E-state index is 13.5. The van der Waals surface area contributed by atoms with Crippen molar-refractivity contribution in [3.05, 3.63) is 72.3 Å². The van der Waals surface area contributed by atoms with Crippen LogP contribution in [0, 0.1) is 5.82 Å². The van der Waals surface area contributed by atoms with E-state index >= 15 is 0 Å². The van der Waals surface area contributed by atoms with Crippen molar-refractivity contribution in [2.75, 3.05) is 4.90 Å². The highest BCUT2D eigenvalue weighted by atomic mass is 19.1. The Morgan fingerprint density at radius 1 is 1.18 bits per heavy atom. The van der Waals surface area contributed by atoms with Crippen molar-refractivity contribution in [1.29, 1.82) is 0 Å². The van der Waals surface area contributed by atoms with E-state index in [0.29, 0.717) is 17.1 Å². The Kier molecular flexibility index (Phi) is 4.00. The van der Waals surface area contributed by atoms with Crippen molar-refractivity contribution in [3.8, 4) is 0 Å². The third kappa shape index (κ3) is 3.22. The molecule has 0 fully saturated rings. The van der Waals surface area contributed by atoms with Gasteiger partial charge >= 0.3 is 0 Å². The topological polar surface area (TPSA) is 59.5 Å². The van der Waals surface area contributed by atoms with Gasteiger partial charge < -0.3 is 13.8 Å². The lowest BCUT2D eigenvalue weighted by Gasteiger charge is -2.21. The average Bonchev–Trinajstić information content (AvgIpc) is 3.18. The quantitative estimate of drug-likeness (QED) is 0.726. The molecule has 112 valence electrons. The zero-order valence-electron chi connectivity index (χ0n) is 11.6. The number of rotatable bonds is 5. The molecule has 5 nitrogen and oxygen atoms in total. The van der Waals surface area contributed by atoms with Gasteiger partial charge in [-0.1, -0.05) is 11.2 Å². The van der Waals surface area contributed by atoms with Crippen LogP contribution in [0.5, 0.6) is 0 Å². The van der Waals surface area contributed by atoms with Gasteiger partial charge in [-0.25, -0.2) is 4.39 Å². The molecular weight excluding hydrogens is 287 g/mol. The van der Waals surface area contributed by atoms with Crippen molar-refractivity contribution in [1.82, 2.24) is 5.16 Å². The monoisotopic (exact) mass is 300 g/mol. The summed E-state index contributed by atoms with van der Waals surface area (Å²) in [5, 5.41) is 3.73. The molecule has 0 spiro atoms. The van der Waals surface area contributed by atoms with Crippen LogP contribution in [0.3, 0.4) is 0 Å². The molecule has 2 heterocycles. The van der Waals surface area contributed by atoms with E-state index in [-0.39, 0.29) is 18.9 Å². The predicted octanol–water partition coefficient (Wildman–Crippen LogP) is 3.18. The van der Waals surface area contributed by atoms with Crippen LogP contribution in [0.1, 0.15) is 11.5 Å². The van der Waals surface area contributed by atoms with Crippen LogP contribution in [0.4, 0.5) is 10.1 Å². The summed E-state index contributed by atoms with van der Waals surface area (Å²) in [4.78, 5) is 14.0. The molecule has 3 rings (SSSR count). The number of nitrogens with zero attached hydrogens (tertiary/aromatic N) is 2. The highest BCUT2D eigenvalue weighted by molar-refractivity contribution is 5.94. The van der Waals surface area contributed by atoms with E-state index in [1.807, 2.05) is 0 Å². The fourth-order valence-corrected chi connectivity index (χ4v) is 2.10. The lowest BCUT2D eigenvalue weighted by atomic mass is 10.2. The first-order chi connectivity index (χ1) is 10.7. The van der Waals surface area contributed by atoms with Gasteiger partial charge in [0.15, 0.2) is 0 Å². The van der Waals surface area contributed by atoms with Gasteiger partial charge in [-0.2, -0.15) is 0 Å². The van der Waals surface area contributed by atoms with E-state index in [0.717, 1.165) is 0 Å². The molecule has 6 heteroatoms. The molecule has 0 bridgehead atoms. The fraction of sp³-hybridized carbons (Fsp3) is 0.125. The first-order valence-electron chi connectivity index (χ1n) is 6.70. The lowest BCUT2D eigenvalue weighted by molar-refractivity contribution is -0.118. The zero-order valence-corrected chi connectivity index (χ0v) is 11.6. The number of halogens is 1. The average molecular weight is 300 g/mol. The van der Waals surface area contributed by atoms with Gasteiger partial charge in [-0.05, 0) is 30.3 Å². The van der Waals surface area contributed by atoms with Gasteiger partial charge in [0, 0.05) is 11.8 Å². The van der Waals surface area contributed by atoms with Gasteiger partial charge in [-0.3, -0.25) is 4.79 Å². The molecule has 0 N–H and O–H groups in total. The molecular formula is C16H13FN2O3. The van der Waals surface area contributed by atoms with Crippen molar-refractivity contribution in [2.24, 2.45) is 0 Å². The Morgan fingerprint density at radius 2 is 2.09 bits per heavy atom. The second kappa shape index (κ2) is 6.26. The number of amides is 1. The molecule has 0 saturated heterocycles. The Labute approximate surface area is 125 Å². The van der Waals surface area contributed by atoms with Crippen molar-refractivity contribution >= 4 is 11.6 Å². The van der Waals surface area contributed by atoms with E-state index in [1.165, 1.54) is 29.6 Å². The highest BCUT2D eigenvalue weighted by Crippen LogP contribution is 2.20. The first kappa shape index (κ1) is 14.1. The summed E-state index contributed by atoms with van der Waals surface area (Å²) in [6.07, 6.45) is 3.00. The molecule has 22 heavy (non-hydrogen) atoms. The molecule has 0 radical (unpaired) electrons. The number of carbonyl (C=O) groups is 1. The largest absolute Gasteiger partial charge is 0.467 e. The van der Waals surface area contributed by atoms with Crippen LogP contribution >= 0.6 is 0 Å². The molecule has 0 aliphatic carbocycles. The van der Waals surface area contributed by atoms with Crippen molar-refractivity contribution in [2.45, 2.75) is 13.0 Å². The number of hydrogen-bond acceptors (Lipinski definition) is 4. The normalized spacial score (nSPS) is 10.6. The Balaban J connectivity index is 1.86. The number of furan rings is 1. The smallest absolute Gasteiger partial charge is 0.233 e. The molecule has 2 aromatic heterocycles. The van der Waals surface area contributed by atoms with Gasteiger partial charge in [0.2, 0.25) is 5.91 Å². The number of aromatic nitrogens is 1. The summed E-state index contributed by atoms with van der Waals surface area (Å²) in [5.74, 6) is -0.0233. The number of carbonyl (C=O) groups excluding carboxylic acids is 1. The van der Waals surface area contributed by atoms with E-state index < -0.39 is 5.82 Å². The Hall–Kier alpha value is -2.89. The summed E-state index contributed by atoms with van der Waals surface area (Å²) in [6, 6.07) is 11.0. The van der Waals surface area contributed by atoms with Crippen LogP contribution in [-0.2, 0) is 17.8 Å². The van der Waals surface area contributed by atoms with Crippen molar-refractivity contribution in [3.63, 3.8) is 0 Å². The van der Waals surface area contributed by atoms with E-state index in [2.05, 4.69) is 5.16 Å². The second-order valence-corrected chi connectivity index (χ2v) is 4.71. The van der Waals surface area contributed by atoms with E-state index in [9.17, 15) is 9.18 Å². The SMILES string of the molecule is O=C(Cc1ccon1)N(Cc1ccco1)c1cccc(F)c1. The summed E-state index contributed by atoms with van der Waals surface area (Å²) in [6.45, 7) is 0.215. The van der Waals surface area contributed by atoms with E-state index in [1.54, 1.807) is 30.3 Å². The first-order valence-corrected chi connectivity index (χ1v) is 6.70. The molecule has 0 unspecified atom stereocenters. The minimum atomic E-state index is -0.406. The van der Waals surface area contributed by atoms with Crippen LogP contribution in [0.25, 0.3) is 0 Å². The maximum absolute atomic E-state index is 13.5. The molecule has 0 atom stereocenters. The standard InChI is InChI=1S/C16H13FN2O3/c17-12-3-1-4-14(9-12)19(11-15-5-2-7-21-15)16(20)10-13-6-8-22-18-13/h1-9H,10-11H2. The Bertz CT molecular complexity index is 739. The molecule has 1 aromatic carbocycles. The van der Waals surface area contributed by atoms with Crippen molar-refractivity contribution < 1.29 is 18.1 Å². The minimum Gasteiger partial charge on any atom is -0.467 e. The van der Waals surface area contributed by atoms with Gasteiger partial charge in [0.1, 0.15) is 17.8 Å². The molecule has 0 aliphatic rings. The summed E-state index contributed by atoms with van der Waals surface area (Å²) in [7, 11) is 0. The molecule has 0 saturated carbocycles. The number of benzene rings is 1. The zero-order chi connectivity index (χ0) is 15.4. The number of hydrogen-bond donors (Lipinski definition) is 0. The summed E-state index contributed by atoms with van der Waals surface area (Å²) >= 11 is 0. The minimum absolute atomic E-state index is 0.0632. The fourth-order valence-electron chi connectivity index (χ4n) is 2.10. The van der Waals surface area contributed by atoms with Crippen LogP contribution in [0.15, 0.2) is 63.9 Å². The molecule has 3 aromatic rings. The van der Waals surface area contributed by atoms with Crippen LogP contribution in [0.2, 0.25) is 0 Å². The van der Waals surface area contributed by atoms with Gasteiger partial charge in [0.25, 0.3) is 0 Å². The highest BCUT2D eigenvalue weighted by Gasteiger charge is 2.19. The lowest BCUT2D eigenvalue weighted by Crippen LogP contribution is -2.31. The van der Waals surface area contributed by atoms with Crippen LogP contribution in [-0.4, -0.2) is 11.1 Å². The predicted molar refractivity (Wildman–Crippen MR) is 76.5 cm³/mol. The third-order valence-corrected chi connectivity index (χ3v) is 3.14. The van der Waals surface area contributed by atoms with Gasteiger partial charge in [-0.15, -0.1) is 0 Å². The second-order valence-electron chi connectivity index (χ2n) is 4.71. The summed E-state index contributed by atoms with van der Waals surface area (Å²) in [5.41, 5.74) is 0.982. The third-order valence-electron chi connectivity index (χ3n) is 3.14. The maximum Gasteiger partial charge on any atom is 0.233 e. The van der Waals surface area contributed by atoms with Gasteiger partial charge in [0.05, 0.1) is 24.9 Å². The molecule has 0 aliphatic heterocycles.